The molecular weight excluding hydrogens is 222 g/mol. The summed E-state index contributed by atoms with van der Waals surface area (Å²) in [5.74, 6) is 0.843. The van der Waals surface area contributed by atoms with E-state index in [-0.39, 0.29) is 0 Å². The second-order valence-corrected chi connectivity index (χ2v) is 4.29. The first-order valence-electron chi connectivity index (χ1n) is 5.36. The second-order valence-electron chi connectivity index (χ2n) is 3.85. The molecule has 1 fully saturated rings. The van der Waals surface area contributed by atoms with Crippen LogP contribution in [0.1, 0.15) is 18.4 Å². The lowest BCUT2D eigenvalue weighted by molar-refractivity contribution is 0.0875. The van der Waals surface area contributed by atoms with Crippen molar-refractivity contribution < 1.29 is 4.74 Å². The molecule has 0 aliphatic carbocycles. The molecule has 0 aromatic carbocycles. The highest BCUT2D eigenvalue weighted by Crippen LogP contribution is 2.12. The van der Waals surface area contributed by atoms with Crippen LogP contribution in [-0.2, 0) is 4.74 Å². The standard InChI is InChI=1S/C11H15N3OS/c12-11(16)8-3-4-10(13-6-8)14-9-2-1-5-15-7-9/h3-4,6,9H,1-2,5,7H2,(H2,12,16)(H,13,14). The Balaban J connectivity index is 1.96. The molecule has 0 amide bonds. The van der Waals surface area contributed by atoms with Crippen LogP contribution in [-0.4, -0.2) is 29.2 Å². The highest BCUT2D eigenvalue weighted by atomic mass is 32.1. The molecular formula is C11H15N3OS. The van der Waals surface area contributed by atoms with Gasteiger partial charge in [0.15, 0.2) is 0 Å². The Kier molecular flexibility index (Phi) is 3.69. The van der Waals surface area contributed by atoms with Crippen LogP contribution in [0.25, 0.3) is 0 Å². The third-order valence-electron chi connectivity index (χ3n) is 2.56. The predicted molar refractivity (Wildman–Crippen MR) is 67.6 cm³/mol. The number of nitrogens with two attached hydrogens (primary N) is 1. The number of hydrogen-bond donors (Lipinski definition) is 2. The number of rotatable bonds is 3. The summed E-state index contributed by atoms with van der Waals surface area (Å²) in [5.41, 5.74) is 6.29. The van der Waals surface area contributed by atoms with E-state index < -0.39 is 0 Å². The van der Waals surface area contributed by atoms with Crippen LogP contribution < -0.4 is 11.1 Å². The van der Waals surface area contributed by atoms with Crippen molar-refractivity contribution in [3.8, 4) is 0 Å². The molecule has 5 heteroatoms. The van der Waals surface area contributed by atoms with E-state index in [0.29, 0.717) is 11.0 Å². The van der Waals surface area contributed by atoms with Crippen molar-refractivity contribution in [1.82, 2.24) is 4.98 Å². The van der Waals surface area contributed by atoms with Crippen molar-refractivity contribution in [1.29, 1.82) is 0 Å². The molecule has 86 valence electrons. The van der Waals surface area contributed by atoms with Gasteiger partial charge in [-0.2, -0.15) is 0 Å². The summed E-state index contributed by atoms with van der Waals surface area (Å²) < 4.78 is 5.39. The molecule has 0 saturated carbocycles. The SMILES string of the molecule is NC(=S)c1ccc(NC2CCCOC2)nc1. The third-order valence-corrected chi connectivity index (χ3v) is 2.80. The van der Waals surface area contributed by atoms with Gasteiger partial charge >= 0.3 is 0 Å². The maximum atomic E-state index is 5.50. The molecule has 1 unspecified atom stereocenters. The molecule has 0 spiro atoms. The molecule has 1 aromatic rings. The number of pyridine rings is 1. The van der Waals surface area contributed by atoms with Gasteiger partial charge < -0.3 is 15.8 Å². The number of ether oxygens (including phenoxy) is 1. The van der Waals surface area contributed by atoms with Gasteiger partial charge in [-0.3, -0.25) is 0 Å². The van der Waals surface area contributed by atoms with Crippen molar-refractivity contribution >= 4 is 23.0 Å². The molecule has 16 heavy (non-hydrogen) atoms. The Morgan fingerprint density at radius 1 is 1.56 bits per heavy atom. The minimum Gasteiger partial charge on any atom is -0.389 e. The maximum Gasteiger partial charge on any atom is 0.126 e. The Labute approximate surface area is 100 Å². The first-order chi connectivity index (χ1) is 7.75. The third kappa shape index (κ3) is 2.90. The van der Waals surface area contributed by atoms with Gasteiger partial charge in [0.05, 0.1) is 12.6 Å². The average molecular weight is 237 g/mol. The molecule has 1 aliphatic rings. The van der Waals surface area contributed by atoms with Gasteiger partial charge in [0, 0.05) is 18.4 Å². The molecule has 2 heterocycles. The number of nitrogens with one attached hydrogen (secondary N) is 1. The zero-order valence-corrected chi connectivity index (χ0v) is 9.80. The van der Waals surface area contributed by atoms with Gasteiger partial charge in [0.1, 0.15) is 10.8 Å². The van der Waals surface area contributed by atoms with Crippen LogP contribution in [0.15, 0.2) is 18.3 Å². The van der Waals surface area contributed by atoms with E-state index in [2.05, 4.69) is 10.3 Å². The topological polar surface area (TPSA) is 60.2 Å². The maximum absolute atomic E-state index is 5.50. The first kappa shape index (κ1) is 11.3. The molecule has 2 rings (SSSR count). The lowest BCUT2D eigenvalue weighted by atomic mass is 10.1. The Morgan fingerprint density at radius 3 is 3.00 bits per heavy atom. The fraction of sp³-hybridized carbons (Fsp3) is 0.455. The predicted octanol–water partition coefficient (Wildman–Crippen LogP) is 1.31. The molecule has 4 nitrogen and oxygen atoms in total. The summed E-state index contributed by atoms with van der Waals surface area (Å²) in [7, 11) is 0. The number of anilines is 1. The number of thiocarbonyl (C=S) groups is 1. The molecule has 1 atom stereocenters. The van der Waals surface area contributed by atoms with E-state index in [0.717, 1.165) is 37.4 Å². The van der Waals surface area contributed by atoms with Crippen LogP contribution in [0.5, 0.6) is 0 Å². The van der Waals surface area contributed by atoms with Crippen molar-refractivity contribution in [3.05, 3.63) is 23.9 Å². The Morgan fingerprint density at radius 2 is 2.44 bits per heavy atom. The highest BCUT2D eigenvalue weighted by Gasteiger charge is 2.13. The van der Waals surface area contributed by atoms with E-state index in [4.69, 9.17) is 22.7 Å². The van der Waals surface area contributed by atoms with E-state index in [9.17, 15) is 0 Å². The van der Waals surface area contributed by atoms with Crippen LogP contribution >= 0.6 is 12.2 Å². The largest absolute Gasteiger partial charge is 0.389 e. The lowest BCUT2D eigenvalue weighted by Crippen LogP contribution is -2.30. The summed E-state index contributed by atoms with van der Waals surface area (Å²) in [6.07, 6.45) is 3.91. The zero-order valence-electron chi connectivity index (χ0n) is 8.98. The smallest absolute Gasteiger partial charge is 0.126 e. The molecule has 0 radical (unpaired) electrons. The minimum atomic E-state index is 0.358. The molecule has 0 bridgehead atoms. The Hall–Kier alpha value is -1.20. The number of nitrogens with zero attached hydrogens (tertiary/aromatic N) is 1. The second kappa shape index (κ2) is 5.23. The van der Waals surface area contributed by atoms with Crippen molar-refractivity contribution in [2.24, 2.45) is 5.73 Å². The van der Waals surface area contributed by atoms with Gasteiger partial charge in [0.2, 0.25) is 0 Å². The normalized spacial score (nSPS) is 20.4. The van der Waals surface area contributed by atoms with E-state index in [1.54, 1.807) is 6.20 Å². The summed E-state index contributed by atoms with van der Waals surface area (Å²) in [4.78, 5) is 4.63. The van der Waals surface area contributed by atoms with Crippen LogP contribution in [0, 0.1) is 0 Å². The molecule has 1 saturated heterocycles. The zero-order chi connectivity index (χ0) is 11.4. The summed E-state index contributed by atoms with van der Waals surface area (Å²) in [5, 5.41) is 3.33. The summed E-state index contributed by atoms with van der Waals surface area (Å²) in [6.45, 7) is 1.62. The van der Waals surface area contributed by atoms with Crippen molar-refractivity contribution in [3.63, 3.8) is 0 Å². The van der Waals surface area contributed by atoms with E-state index >= 15 is 0 Å². The van der Waals surface area contributed by atoms with Crippen molar-refractivity contribution in [2.45, 2.75) is 18.9 Å². The molecule has 1 aliphatic heterocycles. The highest BCUT2D eigenvalue weighted by molar-refractivity contribution is 7.80. The summed E-state index contributed by atoms with van der Waals surface area (Å²) in [6, 6.07) is 4.13. The fourth-order valence-electron chi connectivity index (χ4n) is 1.69. The quantitative estimate of drug-likeness (QED) is 0.776. The fourth-order valence-corrected chi connectivity index (χ4v) is 1.81. The first-order valence-corrected chi connectivity index (χ1v) is 5.76. The average Bonchev–Trinajstić information content (AvgIpc) is 2.31. The number of hydrogen-bond acceptors (Lipinski definition) is 4. The van der Waals surface area contributed by atoms with Gasteiger partial charge in [-0.05, 0) is 25.0 Å². The van der Waals surface area contributed by atoms with Crippen LogP contribution in [0.2, 0.25) is 0 Å². The molecule has 3 N–H and O–H groups in total. The van der Waals surface area contributed by atoms with Crippen molar-refractivity contribution in [2.75, 3.05) is 18.5 Å². The molecule has 1 aromatic heterocycles. The van der Waals surface area contributed by atoms with Gasteiger partial charge in [-0.25, -0.2) is 4.98 Å². The van der Waals surface area contributed by atoms with E-state index in [1.807, 2.05) is 12.1 Å². The number of aromatic nitrogens is 1. The van der Waals surface area contributed by atoms with Crippen LogP contribution in [0.3, 0.4) is 0 Å². The van der Waals surface area contributed by atoms with Crippen LogP contribution in [0.4, 0.5) is 5.82 Å². The van der Waals surface area contributed by atoms with Gasteiger partial charge in [-0.1, -0.05) is 12.2 Å². The lowest BCUT2D eigenvalue weighted by Gasteiger charge is -2.23. The Bertz CT molecular complexity index is 360. The van der Waals surface area contributed by atoms with Gasteiger partial charge in [-0.15, -0.1) is 0 Å². The minimum absolute atomic E-state index is 0.358. The monoisotopic (exact) mass is 237 g/mol. The van der Waals surface area contributed by atoms with Gasteiger partial charge in [0.25, 0.3) is 0 Å². The van der Waals surface area contributed by atoms with E-state index in [1.165, 1.54) is 0 Å². The summed E-state index contributed by atoms with van der Waals surface area (Å²) >= 11 is 4.86.